The first-order valence-electron chi connectivity index (χ1n) is 5.66. The quantitative estimate of drug-likeness (QED) is 0.847. The lowest BCUT2D eigenvalue weighted by Gasteiger charge is -2.24. The fraction of sp³-hybridized carbons (Fsp3) is 0.538. The maximum absolute atomic E-state index is 9.88. The summed E-state index contributed by atoms with van der Waals surface area (Å²) in [4.78, 5) is 2.15. The van der Waals surface area contributed by atoms with Crippen LogP contribution in [0.3, 0.4) is 0 Å². The Morgan fingerprint density at radius 1 is 1.47 bits per heavy atom. The van der Waals surface area contributed by atoms with Crippen LogP contribution in [0, 0.1) is 0 Å². The monoisotopic (exact) mass is 255 g/mol. The molecule has 0 aliphatic rings. The summed E-state index contributed by atoms with van der Waals surface area (Å²) in [6.07, 6.45) is 1.56. The number of rotatable bonds is 6. The van der Waals surface area contributed by atoms with Crippen molar-refractivity contribution in [2.24, 2.45) is 0 Å². The summed E-state index contributed by atoms with van der Waals surface area (Å²) in [6, 6.07) is 5.86. The second-order valence-corrected chi connectivity index (χ2v) is 4.97. The molecule has 0 saturated heterocycles. The van der Waals surface area contributed by atoms with E-state index in [2.05, 4.69) is 11.2 Å². The molecule has 0 heterocycles. The average Bonchev–Trinajstić information content (AvgIpc) is 2.34. The molecule has 0 aliphatic heterocycles. The van der Waals surface area contributed by atoms with Crippen LogP contribution in [0.2, 0.25) is 0 Å². The number of anilines is 1. The summed E-state index contributed by atoms with van der Waals surface area (Å²) in [5.74, 6) is 1.81. The third-order valence-corrected chi connectivity index (χ3v) is 3.31. The van der Waals surface area contributed by atoms with Crippen molar-refractivity contribution in [3.8, 4) is 5.75 Å². The number of ether oxygens (including phenoxy) is 1. The predicted octanol–water partition coefficient (Wildman–Crippen LogP) is 2.55. The van der Waals surface area contributed by atoms with Crippen molar-refractivity contribution < 1.29 is 9.84 Å². The first kappa shape index (κ1) is 14.2. The molecule has 4 heteroatoms. The van der Waals surface area contributed by atoms with Crippen molar-refractivity contribution in [1.82, 2.24) is 0 Å². The number of benzene rings is 1. The molecule has 96 valence electrons. The lowest BCUT2D eigenvalue weighted by Crippen LogP contribution is -2.22. The molecule has 3 nitrogen and oxygen atoms in total. The normalized spacial score (nSPS) is 12.3. The van der Waals surface area contributed by atoms with E-state index in [1.165, 1.54) is 0 Å². The zero-order valence-electron chi connectivity index (χ0n) is 10.9. The Hall–Kier alpha value is -0.870. The molecule has 17 heavy (non-hydrogen) atoms. The number of hydrogen-bond acceptors (Lipinski definition) is 4. The number of nitrogens with zero attached hydrogens (tertiary/aromatic N) is 1. The van der Waals surface area contributed by atoms with Gasteiger partial charge in [-0.15, -0.1) is 0 Å². The molecule has 1 aromatic carbocycles. The van der Waals surface area contributed by atoms with Crippen LogP contribution in [-0.4, -0.2) is 37.8 Å². The van der Waals surface area contributed by atoms with Crippen LogP contribution >= 0.6 is 11.8 Å². The highest BCUT2D eigenvalue weighted by Gasteiger charge is 2.16. The van der Waals surface area contributed by atoms with Gasteiger partial charge in [0.15, 0.2) is 0 Å². The Bertz CT molecular complexity index is 355. The number of hydrogen-bond donors (Lipinski definition) is 1. The van der Waals surface area contributed by atoms with E-state index in [4.69, 9.17) is 4.74 Å². The van der Waals surface area contributed by atoms with Crippen molar-refractivity contribution >= 4 is 17.4 Å². The van der Waals surface area contributed by atoms with Crippen molar-refractivity contribution in [2.75, 3.05) is 37.6 Å². The van der Waals surface area contributed by atoms with Crippen molar-refractivity contribution in [3.63, 3.8) is 0 Å². The number of methoxy groups -OCH3 is 1. The van der Waals surface area contributed by atoms with Crippen molar-refractivity contribution in [3.05, 3.63) is 23.8 Å². The van der Waals surface area contributed by atoms with E-state index in [1.54, 1.807) is 14.0 Å². The van der Waals surface area contributed by atoms with E-state index in [0.717, 1.165) is 29.3 Å². The van der Waals surface area contributed by atoms with E-state index in [-0.39, 0.29) is 0 Å². The molecule has 0 amide bonds. The summed E-state index contributed by atoms with van der Waals surface area (Å²) in [5, 5.41) is 9.88. The van der Waals surface area contributed by atoms with Crippen LogP contribution < -0.4 is 9.64 Å². The fourth-order valence-corrected chi connectivity index (χ4v) is 2.27. The Labute approximate surface area is 108 Å². The van der Waals surface area contributed by atoms with E-state index in [0.29, 0.717) is 0 Å². The summed E-state index contributed by atoms with van der Waals surface area (Å²) in [7, 11) is 3.67. The predicted molar refractivity (Wildman–Crippen MR) is 75.3 cm³/mol. The topological polar surface area (TPSA) is 32.7 Å². The van der Waals surface area contributed by atoms with Gasteiger partial charge >= 0.3 is 0 Å². The molecule has 1 atom stereocenters. The smallest absolute Gasteiger partial charge is 0.126 e. The van der Waals surface area contributed by atoms with Crippen LogP contribution in [0.15, 0.2) is 18.2 Å². The third kappa shape index (κ3) is 3.54. The van der Waals surface area contributed by atoms with E-state index < -0.39 is 6.10 Å². The highest BCUT2D eigenvalue weighted by atomic mass is 32.2. The Balaban J connectivity index is 3.05. The number of aliphatic hydroxyl groups is 1. The van der Waals surface area contributed by atoms with Crippen LogP contribution in [0.25, 0.3) is 0 Å². The average molecular weight is 255 g/mol. The van der Waals surface area contributed by atoms with Crippen molar-refractivity contribution in [1.29, 1.82) is 0 Å². The van der Waals surface area contributed by atoms with Gasteiger partial charge in [0.1, 0.15) is 5.75 Å². The Morgan fingerprint density at radius 3 is 2.71 bits per heavy atom. The second-order valence-electron chi connectivity index (χ2n) is 3.98. The van der Waals surface area contributed by atoms with Gasteiger partial charge in [0.25, 0.3) is 0 Å². The molecule has 0 saturated carbocycles. The number of thioether (sulfide) groups is 1. The van der Waals surface area contributed by atoms with Gasteiger partial charge < -0.3 is 14.7 Å². The molecule has 0 spiro atoms. The molecule has 0 unspecified atom stereocenters. The van der Waals surface area contributed by atoms with Gasteiger partial charge in [-0.05, 0) is 25.3 Å². The molecular formula is C13H21NO2S. The Morgan fingerprint density at radius 2 is 2.18 bits per heavy atom. The molecule has 0 aromatic heterocycles. The first-order chi connectivity index (χ1) is 8.11. The maximum Gasteiger partial charge on any atom is 0.126 e. The summed E-state index contributed by atoms with van der Waals surface area (Å²) in [5.41, 5.74) is 1.90. The van der Waals surface area contributed by atoms with Gasteiger partial charge in [0.2, 0.25) is 0 Å². The van der Waals surface area contributed by atoms with Gasteiger partial charge in [-0.2, -0.15) is 11.8 Å². The SMILES string of the molecule is COc1cccc(N(C)CCSC)c1[C@@H](C)O. The van der Waals surface area contributed by atoms with Crippen LogP contribution in [0.1, 0.15) is 18.6 Å². The highest BCUT2D eigenvalue weighted by molar-refractivity contribution is 7.98. The van der Waals surface area contributed by atoms with Crippen molar-refractivity contribution in [2.45, 2.75) is 13.0 Å². The highest BCUT2D eigenvalue weighted by Crippen LogP contribution is 2.33. The van der Waals surface area contributed by atoms with Gasteiger partial charge in [-0.25, -0.2) is 0 Å². The Kier molecular flexibility index (Phi) is 5.65. The lowest BCUT2D eigenvalue weighted by atomic mass is 10.1. The summed E-state index contributed by atoms with van der Waals surface area (Å²) in [6.45, 7) is 2.72. The van der Waals surface area contributed by atoms with Gasteiger partial charge in [0.05, 0.1) is 13.2 Å². The van der Waals surface area contributed by atoms with Crippen LogP contribution in [0.4, 0.5) is 5.69 Å². The summed E-state index contributed by atoms with van der Waals surface area (Å²) < 4.78 is 5.31. The molecule has 1 aromatic rings. The zero-order chi connectivity index (χ0) is 12.8. The minimum atomic E-state index is -0.530. The van der Waals surface area contributed by atoms with E-state index in [9.17, 15) is 5.11 Å². The molecule has 0 bridgehead atoms. The summed E-state index contributed by atoms with van der Waals surface area (Å²) >= 11 is 1.81. The zero-order valence-corrected chi connectivity index (χ0v) is 11.8. The second kappa shape index (κ2) is 6.77. The van der Waals surface area contributed by atoms with E-state index in [1.807, 2.05) is 37.0 Å². The lowest BCUT2D eigenvalue weighted by molar-refractivity contribution is 0.194. The maximum atomic E-state index is 9.88. The standard InChI is InChI=1S/C13H21NO2S/c1-10(15)13-11(14(2)8-9-17-4)6-5-7-12(13)16-3/h5-7,10,15H,8-9H2,1-4H3/t10-/m1/s1. The third-order valence-electron chi connectivity index (χ3n) is 2.72. The molecule has 0 aliphatic carbocycles. The molecule has 0 fully saturated rings. The molecule has 1 rings (SSSR count). The number of aliphatic hydroxyl groups excluding tert-OH is 1. The van der Waals surface area contributed by atoms with Gasteiger partial charge in [-0.1, -0.05) is 6.07 Å². The molecular weight excluding hydrogens is 234 g/mol. The first-order valence-corrected chi connectivity index (χ1v) is 7.06. The fourth-order valence-electron chi connectivity index (χ4n) is 1.81. The minimum absolute atomic E-state index is 0.530. The molecule has 1 N–H and O–H groups in total. The van der Waals surface area contributed by atoms with Crippen LogP contribution in [-0.2, 0) is 0 Å². The molecule has 0 radical (unpaired) electrons. The van der Waals surface area contributed by atoms with Crippen LogP contribution in [0.5, 0.6) is 5.75 Å². The minimum Gasteiger partial charge on any atom is -0.496 e. The van der Waals surface area contributed by atoms with Gasteiger partial charge in [0, 0.05) is 30.6 Å². The van der Waals surface area contributed by atoms with E-state index >= 15 is 0 Å². The largest absolute Gasteiger partial charge is 0.496 e. The van der Waals surface area contributed by atoms with Gasteiger partial charge in [-0.3, -0.25) is 0 Å².